The molecule has 1 aromatic heterocycles. The maximum absolute atomic E-state index is 13.6. The van der Waals surface area contributed by atoms with Gasteiger partial charge in [0.2, 0.25) is 11.1 Å². The summed E-state index contributed by atoms with van der Waals surface area (Å²) in [5.74, 6) is -1.91. The minimum atomic E-state index is -1.41. The van der Waals surface area contributed by atoms with Gasteiger partial charge in [-0.2, -0.15) is 5.10 Å². The Labute approximate surface area is 121 Å². The zero-order chi connectivity index (χ0) is 15.0. The largest absolute Gasteiger partial charge is 0.476 e. The summed E-state index contributed by atoms with van der Waals surface area (Å²) >= 11 is 3.07. The Bertz CT molecular complexity index is 771. The molecule has 0 aliphatic carbocycles. The molecule has 0 unspecified atom stereocenters. The van der Waals surface area contributed by atoms with Crippen molar-refractivity contribution in [1.82, 2.24) is 9.78 Å². The van der Waals surface area contributed by atoms with Crippen molar-refractivity contribution in [3.05, 3.63) is 55.7 Å². The van der Waals surface area contributed by atoms with E-state index in [9.17, 15) is 14.0 Å². The Morgan fingerprint density at radius 1 is 1.35 bits per heavy atom. The number of carboxylic acid groups (broad SMARTS) is 1. The molecule has 1 heterocycles. The van der Waals surface area contributed by atoms with Crippen molar-refractivity contribution in [2.75, 3.05) is 0 Å². The number of carbonyl (C=O) groups is 1. The normalized spacial score (nSPS) is 10.6. The highest BCUT2D eigenvalue weighted by atomic mass is 79.9. The second kappa shape index (κ2) is 5.16. The van der Waals surface area contributed by atoms with Crippen LogP contribution < -0.4 is 5.43 Å². The lowest BCUT2D eigenvalue weighted by molar-refractivity contribution is 0.0686. The summed E-state index contributed by atoms with van der Waals surface area (Å²) in [6.45, 7) is 3.21. The zero-order valence-corrected chi connectivity index (χ0v) is 12.2. The van der Waals surface area contributed by atoms with Gasteiger partial charge in [-0.1, -0.05) is 0 Å². The molecule has 0 saturated heterocycles. The van der Waals surface area contributed by atoms with Gasteiger partial charge in [0.25, 0.3) is 0 Å². The van der Waals surface area contributed by atoms with E-state index in [4.69, 9.17) is 5.11 Å². The van der Waals surface area contributed by atoms with Crippen LogP contribution in [0.4, 0.5) is 4.39 Å². The van der Waals surface area contributed by atoms with E-state index < -0.39 is 22.9 Å². The molecular formula is C13H10BrFN2O3. The summed E-state index contributed by atoms with van der Waals surface area (Å²) in [5.41, 5.74) is 0.0401. The Morgan fingerprint density at radius 3 is 2.60 bits per heavy atom. The highest BCUT2D eigenvalue weighted by Gasteiger charge is 2.16. The molecule has 1 aromatic carbocycles. The van der Waals surface area contributed by atoms with Crippen molar-refractivity contribution < 1.29 is 14.3 Å². The van der Waals surface area contributed by atoms with Gasteiger partial charge in [-0.05, 0) is 41.4 Å². The average molecular weight is 341 g/mol. The van der Waals surface area contributed by atoms with Crippen LogP contribution >= 0.6 is 15.9 Å². The molecule has 20 heavy (non-hydrogen) atoms. The van der Waals surface area contributed by atoms with Crippen molar-refractivity contribution in [3.8, 4) is 5.69 Å². The zero-order valence-electron chi connectivity index (χ0n) is 10.6. The molecule has 2 rings (SSSR count). The number of hydrogen-bond acceptors (Lipinski definition) is 3. The van der Waals surface area contributed by atoms with Crippen LogP contribution in [0, 0.1) is 19.7 Å². The summed E-state index contributed by atoms with van der Waals surface area (Å²) in [6, 6.07) is 2.78. The molecule has 0 saturated carbocycles. The minimum absolute atomic E-state index is 0.222. The molecule has 104 valence electrons. The number of halogens is 2. The Balaban J connectivity index is 2.74. The molecular weight excluding hydrogens is 331 g/mol. The lowest BCUT2D eigenvalue weighted by atomic mass is 10.2. The van der Waals surface area contributed by atoms with Crippen LogP contribution in [-0.2, 0) is 0 Å². The Kier molecular flexibility index (Phi) is 3.71. The maximum atomic E-state index is 13.6. The van der Waals surface area contributed by atoms with Gasteiger partial charge in [0, 0.05) is 17.8 Å². The fourth-order valence-corrected chi connectivity index (χ4v) is 2.21. The number of aryl methyl sites for hydroxylation is 2. The lowest BCUT2D eigenvalue weighted by Crippen LogP contribution is -2.23. The van der Waals surface area contributed by atoms with Crippen molar-refractivity contribution in [3.63, 3.8) is 0 Å². The summed E-state index contributed by atoms with van der Waals surface area (Å²) < 4.78 is 15.1. The molecule has 0 aliphatic heterocycles. The molecule has 0 bridgehead atoms. The second-order valence-corrected chi connectivity index (χ2v) is 5.15. The molecule has 0 amide bonds. The lowest BCUT2D eigenvalue weighted by Gasteiger charge is -2.11. The molecule has 7 heteroatoms. The predicted octanol–water partition coefficient (Wildman–Crippen LogP) is 2.45. The van der Waals surface area contributed by atoms with Gasteiger partial charge in [0.1, 0.15) is 5.82 Å². The molecule has 0 radical (unpaired) electrons. The van der Waals surface area contributed by atoms with Crippen LogP contribution in [-0.4, -0.2) is 20.9 Å². The van der Waals surface area contributed by atoms with Crippen molar-refractivity contribution >= 4 is 21.9 Å². The fraction of sp³-hybridized carbons (Fsp3) is 0.154. The van der Waals surface area contributed by atoms with E-state index in [1.54, 1.807) is 13.0 Å². The van der Waals surface area contributed by atoms with E-state index in [0.29, 0.717) is 15.7 Å². The second-order valence-electron chi connectivity index (χ2n) is 4.29. The quantitative estimate of drug-likeness (QED) is 0.911. The van der Waals surface area contributed by atoms with Crippen molar-refractivity contribution in [1.29, 1.82) is 0 Å². The summed E-state index contributed by atoms with van der Waals surface area (Å²) in [6.07, 6.45) is 1.38. The molecule has 1 N–H and O–H groups in total. The van der Waals surface area contributed by atoms with E-state index in [0.717, 1.165) is 0 Å². The van der Waals surface area contributed by atoms with E-state index >= 15 is 0 Å². The van der Waals surface area contributed by atoms with Gasteiger partial charge in [0.05, 0.1) is 10.2 Å². The van der Waals surface area contributed by atoms with Crippen LogP contribution in [0.3, 0.4) is 0 Å². The van der Waals surface area contributed by atoms with Crippen LogP contribution in [0.2, 0.25) is 0 Å². The molecule has 5 nitrogen and oxygen atoms in total. The molecule has 0 aliphatic rings. The predicted molar refractivity (Wildman–Crippen MR) is 73.9 cm³/mol. The van der Waals surface area contributed by atoms with Crippen LogP contribution in [0.25, 0.3) is 5.69 Å². The van der Waals surface area contributed by atoms with E-state index in [1.165, 1.54) is 23.9 Å². The monoisotopic (exact) mass is 340 g/mol. The van der Waals surface area contributed by atoms with E-state index in [-0.39, 0.29) is 5.56 Å². The van der Waals surface area contributed by atoms with Gasteiger partial charge in [-0.15, -0.1) is 0 Å². The first kappa shape index (κ1) is 14.4. The molecule has 0 fully saturated rings. The number of aromatic carboxylic acids is 1. The van der Waals surface area contributed by atoms with Gasteiger partial charge in [0.15, 0.2) is 0 Å². The topological polar surface area (TPSA) is 72.2 Å². The number of nitrogens with zero attached hydrogens (tertiary/aromatic N) is 2. The highest BCUT2D eigenvalue weighted by Crippen LogP contribution is 2.22. The number of rotatable bonds is 2. The number of benzene rings is 1. The maximum Gasteiger partial charge on any atom is 0.360 e. The molecule has 0 atom stereocenters. The SMILES string of the molecule is Cc1cc(Br)c(F)cc1-n1cc(C)c(=O)c(C(=O)O)n1. The number of aromatic nitrogens is 2. The first-order valence-corrected chi connectivity index (χ1v) is 6.40. The van der Waals surface area contributed by atoms with Gasteiger partial charge < -0.3 is 5.11 Å². The van der Waals surface area contributed by atoms with Crippen LogP contribution in [0.5, 0.6) is 0 Å². The van der Waals surface area contributed by atoms with Gasteiger partial charge >= 0.3 is 5.97 Å². The third-order valence-electron chi connectivity index (χ3n) is 2.79. The number of carboxylic acids is 1. The van der Waals surface area contributed by atoms with E-state index in [1.807, 2.05) is 0 Å². The Morgan fingerprint density at radius 2 is 2.00 bits per heavy atom. The first-order valence-electron chi connectivity index (χ1n) is 5.61. The first-order chi connectivity index (χ1) is 9.31. The number of hydrogen-bond donors (Lipinski definition) is 1. The fourth-order valence-electron chi connectivity index (χ4n) is 1.76. The van der Waals surface area contributed by atoms with Crippen molar-refractivity contribution in [2.45, 2.75) is 13.8 Å². The standard InChI is InChI=1S/C13H10BrFN2O3/c1-6-3-8(14)9(15)4-10(6)17-5-7(2)12(18)11(16-17)13(19)20/h3-5H,1-2H3,(H,19,20). The highest BCUT2D eigenvalue weighted by molar-refractivity contribution is 9.10. The van der Waals surface area contributed by atoms with Crippen molar-refractivity contribution in [2.24, 2.45) is 0 Å². The average Bonchev–Trinajstić information content (AvgIpc) is 2.36. The molecule has 0 spiro atoms. The Hall–Kier alpha value is -2.02. The summed E-state index contributed by atoms with van der Waals surface area (Å²) in [5, 5.41) is 12.7. The van der Waals surface area contributed by atoms with Gasteiger partial charge in [-0.3, -0.25) is 4.79 Å². The molecule has 2 aromatic rings. The third kappa shape index (κ3) is 2.49. The minimum Gasteiger partial charge on any atom is -0.476 e. The van der Waals surface area contributed by atoms with Crippen LogP contribution in [0.1, 0.15) is 21.6 Å². The van der Waals surface area contributed by atoms with Crippen LogP contribution in [0.15, 0.2) is 27.6 Å². The third-order valence-corrected chi connectivity index (χ3v) is 3.39. The summed E-state index contributed by atoms with van der Waals surface area (Å²) in [7, 11) is 0. The van der Waals surface area contributed by atoms with Gasteiger partial charge in [-0.25, -0.2) is 13.9 Å². The summed E-state index contributed by atoms with van der Waals surface area (Å²) in [4.78, 5) is 22.7. The smallest absolute Gasteiger partial charge is 0.360 e. The van der Waals surface area contributed by atoms with E-state index in [2.05, 4.69) is 21.0 Å².